The molecule has 0 amide bonds. The van der Waals surface area contributed by atoms with Crippen molar-refractivity contribution in [3.8, 4) is 5.75 Å². The topological polar surface area (TPSA) is 88.1 Å². The van der Waals surface area contributed by atoms with Crippen LogP contribution in [0.15, 0.2) is 47.3 Å². The first-order valence-corrected chi connectivity index (χ1v) is 9.28. The highest BCUT2D eigenvalue weighted by Gasteiger charge is 2.65. The third-order valence-corrected chi connectivity index (χ3v) is 4.92. The molecule has 1 unspecified atom stereocenters. The maximum absolute atomic E-state index is 14.0. The van der Waals surface area contributed by atoms with Crippen molar-refractivity contribution in [1.82, 2.24) is 10.2 Å². The molecule has 0 bridgehead atoms. The maximum Gasteiger partial charge on any atom is 0.441 e. The number of carbonyl (C=O) groups excluding carboxylic acids is 2. The molecule has 3 rings (SSSR count). The quantitative estimate of drug-likeness (QED) is 0.551. The number of nitrogens with zero attached hydrogens (tertiary/aromatic N) is 1. The summed E-state index contributed by atoms with van der Waals surface area (Å²) in [5.74, 6) is -1.64. The van der Waals surface area contributed by atoms with Crippen molar-refractivity contribution in [3.05, 3.63) is 52.9 Å². The Labute approximate surface area is 170 Å². The maximum atomic E-state index is 14.0. The first-order chi connectivity index (χ1) is 14.1. The van der Waals surface area contributed by atoms with E-state index in [1.54, 1.807) is 0 Å². The van der Waals surface area contributed by atoms with E-state index >= 15 is 0 Å². The highest BCUT2D eigenvalue weighted by molar-refractivity contribution is 6.12. The van der Waals surface area contributed by atoms with Gasteiger partial charge in [0.25, 0.3) is 5.72 Å². The average molecular weight is 426 g/mol. The van der Waals surface area contributed by atoms with Gasteiger partial charge in [-0.2, -0.15) is 13.2 Å². The Kier molecular flexibility index (Phi) is 5.80. The van der Waals surface area contributed by atoms with Crippen LogP contribution in [0.2, 0.25) is 0 Å². The highest BCUT2D eigenvalue weighted by atomic mass is 19.4. The predicted molar refractivity (Wildman–Crippen MR) is 99.4 cm³/mol. The minimum Gasteiger partial charge on any atom is -0.497 e. The third kappa shape index (κ3) is 3.51. The van der Waals surface area contributed by atoms with E-state index in [9.17, 15) is 27.9 Å². The normalized spacial score (nSPS) is 21.4. The number of hydrogen-bond acceptors (Lipinski definition) is 7. The van der Waals surface area contributed by atoms with Crippen LogP contribution in [0.25, 0.3) is 0 Å². The number of carbonyl (C=O) groups is 2. The summed E-state index contributed by atoms with van der Waals surface area (Å²) in [6, 6.07) is 6.00. The number of ketones is 1. The van der Waals surface area contributed by atoms with Gasteiger partial charge in [0, 0.05) is 18.7 Å². The van der Waals surface area contributed by atoms with Gasteiger partial charge in [0.15, 0.2) is 5.78 Å². The number of nitrogens with one attached hydrogen (secondary N) is 1. The van der Waals surface area contributed by atoms with E-state index in [2.05, 4.69) is 5.32 Å². The number of allylic oxidation sites excluding steroid dienone is 2. The lowest BCUT2D eigenvalue weighted by molar-refractivity contribution is -0.295. The largest absolute Gasteiger partial charge is 0.497 e. The summed E-state index contributed by atoms with van der Waals surface area (Å²) in [7, 11) is 1.46. The zero-order chi connectivity index (χ0) is 22.1. The molecule has 30 heavy (non-hydrogen) atoms. The molecular formula is C20H21F3N2O5. The van der Waals surface area contributed by atoms with Gasteiger partial charge in [-0.1, -0.05) is 0 Å². The fourth-order valence-corrected chi connectivity index (χ4v) is 3.46. The molecule has 1 fully saturated rings. The van der Waals surface area contributed by atoms with Crippen LogP contribution in [0.4, 0.5) is 13.2 Å². The number of hydrogen-bond donors (Lipinski definition) is 2. The molecule has 2 aliphatic heterocycles. The van der Waals surface area contributed by atoms with Crippen LogP contribution in [0.3, 0.4) is 0 Å². The lowest BCUT2D eigenvalue weighted by atomic mass is 9.89. The van der Waals surface area contributed by atoms with Gasteiger partial charge < -0.3 is 24.8 Å². The number of halogens is 3. The number of fused-ring (bicyclic) bond motifs is 1. The molecule has 7 nitrogen and oxygen atoms in total. The first kappa shape index (κ1) is 21.7. The smallest absolute Gasteiger partial charge is 0.441 e. The van der Waals surface area contributed by atoms with Gasteiger partial charge in [-0.05, 0) is 43.7 Å². The van der Waals surface area contributed by atoms with Crippen LogP contribution in [0.1, 0.15) is 23.7 Å². The molecule has 1 atom stereocenters. The molecule has 1 saturated heterocycles. The van der Waals surface area contributed by atoms with Crippen LogP contribution >= 0.6 is 0 Å². The Hall–Kier alpha value is -3.01. The summed E-state index contributed by atoms with van der Waals surface area (Å²) in [5, 5.41) is 13.5. The van der Waals surface area contributed by atoms with Crippen LogP contribution in [-0.2, 0) is 9.53 Å². The zero-order valence-electron chi connectivity index (χ0n) is 16.4. The summed E-state index contributed by atoms with van der Waals surface area (Å²) in [4.78, 5) is 26.1. The van der Waals surface area contributed by atoms with E-state index in [1.165, 1.54) is 38.3 Å². The minimum absolute atomic E-state index is 0.170. The molecule has 1 aromatic carbocycles. The Morgan fingerprint density at radius 2 is 1.93 bits per heavy atom. The Morgan fingerprint density at radius 1 is 1.27 bits per heavy atom. The summed E-state index contributed by atoms with van der Waals surface area (Å²) < 4.78 is 51.8. The fraction of sp³-hybridized carbons (Fsp3) is 0.400. The lowest BCUT2D eigenvalue weighted by Gasteiger charge is -2.48. The van der Waals surface area contributed by atoms with E-state index in [0.29, 0.717) is 17.2 Å². The minimum atomic E-state index is -5.22. The first-order valence-electron chi connectivity index (χ1n) is 9.28. The molecule has 0 aliphatic carbocycles. The summed E-state index contributed by atoms with van der Waals surface area (Å²) in [6.45, 7) is 1.33. The fourth-order valence-electron chi connectivity index (χ4n) is 3.46. The molecule has 1 aromatic rings. The molecule has 0 radical (unpaired) electrons. The SMILES string of the molecule is CCOC(=O)C1=CC(C(=O)c2ccc(OC)cc2)=C2NCCCN2C1(O)C(F)(F)F. The lowest BCUT2D eigenvalue weighted by Crippen LogP contribution is -2.65. The number of alkyl halides is 3. The highest BCUT2D eigenvalue weighted by Crippen LogP contribution is 2.45. The standard InChI is InChI=1S/C20H21F3N2O5/c1-3-30-18(27)15-11-14(16(26)12-5-7-13(29-2)8-6-12)17-24-9-4-10-25(17)19(15,28)20(21,22)23/h5-8,11,24,28H,3-4,9-10H2,1-2H3. The molecular weight excluding hydrogens is 405 g/mol. The third-order valence-electron chi connectivity index (χ3n) is 4.92. The van der Waals surface area contributed by atoms with Crippen molar-refractivity contribution in [1.29, 1.82) is 0 Å². The van der Waals surface area contributed by atoms with E-state index in [4.69, 9.17) is 9.47 Å². The second kappa shape index (κ2) is 8.02. The molecule has 2 N–H and O–H groups in total. The van der Waals surface area contributed by atoms with Crippen molar-refractivity contribution in [2.24, 2.45) is 0 Å². The van der Waals surface area contributed by atoms with Gasteiger partial charge >= 0.3 is 12.1 Å². The van der Waals surface area contributed by atoms with Crippen LogP contribution < -0.4 is 10.1 Å². The van der Waals surface area contributed by atoms with Crippen molar-refractivity contribution in [2.45, 2.75) is 25.2 Å². The number of benzene rings is 1. The number of rotatable bonds is 5. The van der Waals surface area contributed by atoms with Gasteiger partial charge in [-0.3, -0.25) is 4.79 Å². The van der Waals surface area contributed by atoms with Crippen molar-refractivity contribution >= 4 is 11.8 Å². The van der Waals surface area contributed by atoms with Crippen LogP contribution in [0.5, 0.6) is 5.75 Å². The number of methoxy groups -OCH3 is 1. The molecule has 0 saturated carbocycles. The van der Waals surface area contributed by atoms with Gasteiger partial charge in [0.2, 0.25) is 0 Å². The Morgan fingerprint density at radius 3 is 2.50 bits per heavy atom. The number of Topliss-reactive ketones (excluding diaryl/α,β-unsaturated/α-hetero) is 1. The van der Waals surface area contributed by atoms with Gasteiger partial charge in [-0.15, -0.1) is 0 Å². The van der Waals surface area contributed by atoms with E-state index in [-0.39, 0.29) is 36.5 Å². The van der Waals surface area contributed by atoms with Crippen molar-refractivity contribution < 1.29 is 37.3 Å². The van der Waals surface area contributed by atoms with Gasteiger partial charge in [0.05, 0.1) is 24.9 Å². The van der Waals surface area contributed by atoms with Gasteiger partial charge in [0.1, 0.15) is 11.6 Å². The number of ether oxygens (including phenoxy) is 2. The van der Waals surface area contributed by atoms with Crippen LogP contribution in [-0.4, -0.2) is 60.5 Å². The van der Waals surface area contributed by atoms with E-state index in [1.807, 2.05) is 0 Å². The summed E-state index contributed by atoms with van der Waals surface area (Å²) in [5.41, 5.74) is -4.66. The Balaban J connectivity index is 2.17. The summed E-state index contributed by atoms with van der Waals surface area (Å²) >= 11 is 0. The molecule has 0 spiro atoms. The second-order valence-electron chi connectivity index (χ2n) is 6.70. The number of esters is 1. The Bertz CT molecular complexity index is 908. The van der Waals surface area contributed by atoms with Crippen LogP contribution in [0, 0.1) is 0 Å². The number of aliphatic hydroxyl groups is 1. The van der Waals surface area contributed by atoms with E-state index in [0.717, 1.165) is 6.08 Å². The van der Waals surface area contributed by atoms with Gasteiger partial charge in [-0.25, -0.2) is 4.79 Å². The molecule has 2 heterocycles. The predicted octanol–water partition coefficient (Wildman–Crippen LogP) is 2.14. The molecule has 10 heteroatoms. The molecule has 162 valence electrons. The molecule has 2 aliphatic rings. The monoisotopic (exact) mass is 426 g/mol. The zero-order valence-corrected chi connectivity index (χ0v) is 16.4. The van der Waals surface area contributed by atoms with E-state index < -0.39 is 29.2 Å². The van der Waals surface area contributed by atoms with Crippen molar-refractivity contribution in [2.75, 3.05) is 26.8 Å². The second-order valence-corrected chi connectivity index (χ2v) is 6.70. The average Bonchev–Trinajstić information content (AvgIpc) is 2.73. The molecule has 0 aromatic heterocycles. The van der Waals surface area contributed by atoms with Crippen molar-refractivity contribution in [3.63, 3.8) is 0 Å². The summed E-state index contributed by atoms with van der Waals surface area (Å²) in [6.07, 6.45) is -4.19.